The lowest BCUT2D eigenvalue weighted by Crippen LogP contribution is -2.62. The van der Waals surface area contributed by atoms with E-state index in [-0.39, 0.29) is 18.1 Å². The van der Waals surface area contributed by atoms with E-state index in [1.807, 2.05) is 13.0 Å². The van der Waals surface area contributed by atoms with Gasteiger partial charge in [-0.3, -0.25) is 0 Å². The van der Waals surface area contributed by atoms with Crippen molar-refractivity contribution in [2.75, 3.05) is 13.2 Å². The first-order valence-corrected chi connectivity index (χ1v) is 10.8. The van der Waals surface area contributed by atoms with Crippen molar-refractivity contribution in [1.82, 2.24) is 0 Å². The number of fused-ring (bicyclic) bond motifs is 3. The quantitative estimate of drug-likeness (QED) is 0.754. The third-order valence-corrected chi connectivity index (χ3v) is 8.78. The monoisotopic (exact) mass is 402 g/mol. The van der Waals surface area contributed by atoms with Crippen LogP contribution in [-0.2, 0) is 19.3 Å². The summed E-state index contributed by atoms with van der Waals surface area (Å²) in [6.07, 6.45) is -2.07. The van der Waals surface area contributed by atoms with Crippen molar-refractivity contribution in [2.24, 2.45) is 5.92 Å². The number of hydrogen-bond donors (Lipinski definition) is 2. The van der Waals surface area contributed by atoms with Crippen LogP contribution in [0.4, 0.5) is 0 Å². The highest BCUT2D eigenvalue weighted by molar-refractivity contribution is 7.93. The Morgan fingerprint density at radius 1 is 1.07 bits per heavy atom. The Balaban J connectivity index is 1.70. The molecule has 2 saturated heterocycles. The third-order valence-electron chi connectivity index (χ3n) is 6.46. The Morgan fingerprint density at radius 2 is 1.75 bits per heavy atom. The first-order chi connectivity index (χ1) is 13.3. The van der Waals surface area contributed by atoms with Gasteiger partial charge in [0.2, 0.25) is 14.8 Å². The van der Waals surface area contributed by atoms with E-state index in [1.54, 1.807) is 48.5 Å². The van der Waals surface area contributed by atoms with Crippen molar-refractivity contribution < 1.29 is 28.1 Å². The molecule has 7 heteroatoms. The molecule has 2 heterocycles. The highest BCUT2D eigenvalue weighted by atomic mass is 32.2. The van der Waals surface area contributed by atoms with Crippen molar-refractivity contribution in [3.63, 3.8) is 0 Å². The summed E-state index contributed by atoms with van der Waals surface area (Å²) in [7, 11) is -3.95. The molecule has 2 aromatic carbocycles. The number of ether oxygens (including phenoxy) is 2. The molecule has 2 N–H and O–H groups in total. The van der Waals surface area contributed by atoms with Gasteiger partial charge in [-0.15, -0.1) is 0 Å². The molecule has 6 atom stereocenters. The van der Waals surface area contributed by atoms with Gasteiger partial charge in [-0.05, 0) is 24.6 Å². The number of benzene rings is 2. The van der Waals surface area contributed by atoms with E-state index in [0.29, 0.717) is 5.56 Å². The van der Waals surface area contributed by atoms with Gasteiger partial charge < -0.3 is 19.7 Å². The van der Waals surface area contributed by atoms with Gasteiger partial charge in [-0.1, -0.05) is 48.0 Å². The highest BCUT2D eigenvalue weighted by Gasteiger charge is 2.82. The Labute approximate surface area is 163 Å². The van der Waals surface area contributed by atoms with Crippen LogP contribution in [0.3, 0.4) is 0 Å². The molecular formula is C21H22O6S. The molecule has 148 valence electrons. The molecule has 3 fully saturated rings. The Kier molecular flexibility index (Phi) is 3.83. The van der Waals surface area contributed by atoms with E-state index in [0.717, 1.165) is 5.56 Å². The summed E-state index contributed by atoms with van der Waals surface area (Å²) in [5.41, 5.74) is 0.0343. The second-order valence-corrected chi connectivity index (χ2v) is 10.1. The summed E-state index contributed by atoms with van der Waals surface area (Å²) in [5, 5.41) is 22.3. The lowest BCUT2D eigenvalue weighted by atomic mass is 9.68. The number of rotatable bonds is 3. The molecule has 0 amide bonds. The van der Waals surface area contributed by atoms with Crippen LogP contribution in [0.5, 0.6) is 0 Å². The maximum Gasteiger partial charge on any atom is 0.211 e. The first-order valence-electron chi connectivity index (χ1n) is 9.34. The highest BCUT2D eigenvalue weighted by Crippen LogP contribution is 2.65. The van der Waals surface area contributed by atoms with E-state index >= 15 is 0 Å². The minimum Gasteiger partial charge on any atom is -0.389 e. The van der Waals surface area contributed by atoms with Crippen LogP contribution in [-0.4, -0.2) is 54.6 Å². The van der Waals surface area contributed by atoms with Gasteiger partial charge in [0, 0.05) is 5.92 Å². The molecule has 0 bridgehead atoms. The molecule has 0 radical (unpaired) electrons. The maximum atomic E-state index is 13.7. The van der Waals surface area contributed by atoms with Gasteiger partial charge >= 0.3 is 0 Å². The molecule has 5 rings (SSSR count). The fourth-order valence-corrected chi connectivity index (χ4v) is 7.06. The van der Waals surface area contributed by atoms with Crippen LogP contribution in [0.2, 0.25) is 0 Å². The molecule has 0 unspecified atom stereocenters. The minimum absolute atomic E-state index is 0.0390. The summed E-state index contributed by atoms with van der Waals surface area (Å²) < 4.78 is 38.8. The number of hydrogen-bond acceptors (Lipinski definition) is 6. The van der Waals surface area contributed by atoms with Gasteiger partial charge in [0.25, 0.3) is 0 Å². The van der Waals surface area contributed by atoms with Crippen LogP contribution in [0.25, 0.3) is 0 Å². The predicted octanol–water partition coefficient (Wildman–Crippen LogP) is 1.40. The van der Waals surface area contributed by atoms with Crippen LogP contribution < -0.4 is 0 Å². The Morgan fingerprint density at radius 3 is 2.43 bits per heavy atom. The minimum atomic E-state index is -3.95. The molecule has 0 spiro atoms. The van der Waals surface area contributed by atoms with Crippen molar-refractivity contribution >= 4 is 9.84 Å². The second-order valence-electron chi connectivity index (χ2n) is 8.02. The summed E-state index contributed by atoms with van der Waals surface area (Å²) >= 11 is 0. The number of sulfone groups is 1. The normalized spacial score (nSPS) is 39.2. The number of aryl methyl sites for hydroxylation is 1. The average Bonchev–Trinajstić information content (AvgIpc) is 3.31. The predicted molar refractivity (Wildman–Crippen MR) is 100 cm³/mol. The van der Waals surface area contributed by atoms with E-state index < -0.39 is 44.4 Å². The summed E-state index contributed by atoms with van der Waals surface area (Å²) in [5.74, 6) is -1.52. The second kappa shape index (κ2) is 5.87. The van der Waals surface area contributed by atoms with Crippen LogP contribution in [0, 0.1) is 12.8 Å². The van der Waals surface area contributed by atoms with E-state index in [9.17, 15) is 18.6 Å². The zero-order valence-corrected chi connectivity index (χ0v) is 16.2. The largest absolute Gasteiger partial charge is 0.389 e. The van der Waals surface area contributed by atoms with Crippen LogP contribution >= 0.6 is 0 Å². The van der Waals surface area contributed by atoms with Gasteiger partial charge in [-0.25, -0.2) is 8.42 Å². The summed E-state index contributed by atoms with van der Waals surface area (Å²) in [4.78, 5) is -1.47. The van der Waals surface area contributed by atoms with Gasteiger partial charge in [0.1, 0.15) is 11.7 Å². The fourth-order valence-electron chi connectivity index (χ4n) is 4.90. The number of aliphatic hydroxyl groups is 2. The van der Waals surface area contributed by atoms with Crippen LogP contribution in [0.1, 0.15) is 17.0 Å². The SMILES string of the molecule is Cc1ccc(S(=O)(=O)[C@]23O[C@@H]2[C@H]2COC[C@@]2(O)[C@H](O)[C@H]3c2ccccc2)cc1. The lowest BCUT2D eigenvalue weighted by molar-refractivity contribution is -0.121. The molecule has 2 aromatic rings. The molecule has 0 aromatic heterocycles. The average molecular weight is 402 g/mol. The Bertz CT molecular complexity index is 1000. The topological polar surface area (TPSA) is 96.4 Å². The first kappa shape index (κ1) is 18.3. The van der Waals surface area contributed by atoms with E-state index in [1.165, 1.54) is 0 Å². The maximum absolute atomic E-state index is 13.7. The standard InChI is InChI=1S/C21H22O6S/c1-13-7-9-15(10-8-13)28(24,25)21-17(14-5-3-2-4-6-14)18(22)20(23)12-26-11-16(20)19(21)27-21/h2-10,16-19,22-23H,11-12H2,1H3/t16-,17-,18-,19-,20+,21+/m1/s1. The molecule has 1 aliphatic carbocycles. The summed E-state index contributed by atoms with van der Waals surface area (Å²) in [6.45, 7) is 2.01. The Hall–Kier alpha value is -1.77. The van der Waals surface area contributed by atoms with Crippen LogP contribution in [0.15, 0.2) is 59.5 Å². The molecule has 1 saturated carbocycles. The smallest absolute Gasteiger partial charge is 0.211 e. The van der Waals surface area contributed by atoms with Gasteiger partial charge in [0.05, 0.1) is 30.1 Å². The van der Waals surface area contributed by atoms with E-state index in [2.05, 4.69) is 0 Å². The fraction of sp³-hybridized carbons (Fsp3) is 0.429. The van der Waals surface area contributed by atoms with Crippen molar-refractivity contribution in [1.29, 1.82) is 0 Å². The summed E-state index contributed by atoms with van der Waals surface area (Å²) in [6, 6.07) is 15.5. The van der Waals surface area contributed by atoms with Gasteiger partial charge in [0.15, 0.2) is 0 Å². The molecule has 3 aliphatic rings. The van der Waals surface area contributed by atoms with Crippen molar-refractivity contribution in [2.45, 2.75) is 40.5 Å². The molecule has 2 aliphatic heterocycles. The van der Waals surface area contributed by atoms with Crippen molar-refractivity contribution in [3.8, 4) is 0 Å². The van der Waals surface area contributed by atoms with Crippen molar-refractivity contribution in [3.05, 3.63) is 65.7 Å². The molecular weight excluding hydrogens is 380 g/mol. The van der Waals surface area contributed by atoms with E-state index in [4.69, 9.17) is 9.47 Å². The lowest BCUT2D eigenvalue weighted by Gasteiger charge is -2.43. The van der Waals surface area contributed by atoms with Gasteiger partial charge in [-0.2, -0.15) is 0 Å². The third kappa shape index (κ3) is 2.19. The molecule has 6 nitrogen and oxygen atoms in total. The number of epoxide rings is 1. The molecule has 28 heavy (non-hydrogen) atoms. The number of aliphatic hydroxyl groups excluding tert-OH is 1. The zero-order valence-electron chi connectivity index (χ0n) is 15.4. The zero-order chi connectivity index (χ0) is 19.7.